The number of nitrogens with zero attached hydrogens (tertiary/aromatic N) is 1. The molecule has 0 spiro atoms. The number of rotatable bonds is 4. The van der Waals surface area contributed by atoms with Crippen LogP contribution in [0.5, 0.6) is 0 Å². The number of benzene rings is 1. The largest absolute Gasteiger partial charge is 0.409 e. The Morgan fingerprint density at radius 1 is 1.42 bits per heavy atom. The van der Waals surface area contributed by atoms with E-state index in [9.17, 15) is 4.21 Å². The number of amidine groups is 1. The molecule has 104 valence electrons. The van der Waals surface area contributed by atoms with Crippen LogP contribution in [0.25, 0.3) is 0 Å². The van der Waals surface area contributed by atoms with Crippen molar-refractivity contribution < 1.29 is 9.42 Å². The molecule has 0 amide bonds. The summed E-state index contributed by atoms with van der Waals surface area (Å²) < 4.78 is 11.3. The second-order valence-electron chi connectivity index (χ2n) is 4.65. The number of oxime groups is 1. The van der Waals surface area contributed by atoms with Crippen molar-refractivity contribution in [1.29, 1.82) is 0 Å². The topological polar surface area (TPSA) is 87.7 Å². The Hall–Kier alpha value is -1.40. The highest BCUT2D eigenvalue weighted by atomic mass is 32.2. The first kappa shape index (κ1) is 14.0. The minimum absolute atomic E-state index is 0.127. The summed E-state index contributed by atoms with van der Waals surface area (Å²) in [5.41, 5.74) is 7.41. The van der Waals surface area contributed by atoms with Gasteiger partial charge in [0.05, 0.1) is 0 Å². The minimum Gasteiger partial charge on any atom is -0.409 e. The van der Waals surface area contributed by atoms with Crippen molar-refractivity contribution in [2.24, 2.45) is 10.9 Å². The molecule has 0 aromatic heterocycles. The first-order valence-electron chi connectivity index (χ1n) is 6.35. The van der Waals surface area contributed by atoms with Gasteiger partial charge >= 0.3 is 0 Å². The Bertz CT molecular complexity index is 481. The van der Waals surface area contributed by atoms with Gasteiger partial charge in [0.2, 0.25) is 0 Å². The Balaban J connectivity index is 1.98. The van der Waals surface area contributed by atoms with E-state index in [0.717, 1.165) is 35.5 Å². The maximum Gasteiger partial charge on any atom is 0.170 e. The van der Waals surface area contributed by atoms with Crippen LogP contribution in [0.4, 0.5) is 0 Å². The van der Waals surface area contributed by atoms with Crippen molar-refractivity contribution in [3.63, 3.8) is 0 Å². The van der Waals surface area contributed by atoms with Gasteiger partial charge in [-0.1, -0.05) is 29.4 Å². The summed E-state index contributed by atoms with van der Waals surface area (Å²) in [5.74, 6) is 1.68. The average molecular weight is 281 g/mol. The van der Waals surface area contributed by atoms with Crippen molar-refractivity contribution >= 4 is 16.6 Å². The van der Waals surface area contributed by atoms with E-state index in [1.807, 2.05) is 24.3 Å². The molecule has 0 saturated carbocycles. The molecule has 2 rings (SSSR count). The summed E-state index contributed by atoms with van der Waals surface area (Å²) >= 11 is 0. The summed E-state index contributed by atoms with van der Waals surface area (Å²) in [7, 11) is -0.634. The second kappa shape index (κ2) is 6.68. The highest BCUT2D eigenvalue weighted by Gasteiger charge is 2.17. The van der Waals surface area contributed by atoms with E-state index in [-0.39, 0.29) is 5.84 Å². The summed E-state index contributed by atoms with van der Waals surface area (Å²) in [4.78, 5) is 0. The zero-order valence-corrected chi connectivity index (χ0v) is 11.5. The van der Waals surface area contributed by atoms with E-state index in [4.69, 9.17) is 10.9 Å². The highest BCUT2D eigenvalue weighted by molar-refractivity contribution is 7.85. The van der Waals surface area contributed by atoms with Crippen molar-refractivity contribution in [2.75, 3.05) is 11.5 Å². The fraction of sp³-hybridized carbons (Fsp3) is 0.462. The van der Waals surface area contributed by atoms with Gasteiger partial charge in [-0.25, -0.2) is 0 Å². The minimum atomic E-state index is -0.634. The fourth-order valence-electron chi connectivity index (χ4n) is 2.23. The lowest BCUT2D eigenvalue weighted by Crippen LogP contribution is -2.35. The van der Waals surface area contributed by atoms with Crippen LogP contribution in [-0.2, 0) is 17.3 Å². The van der Waals surface area contributed by atoms with Crippen molar-refractivity contribution in [2.45, 2.75) is 25.4 Å². The SMILES string of the molecule is N/C(=N/O)c1ccccc1CNC1CCS(=O)CC1. The van der Waals surface area contributed by atoms with Crippen LogP contribution in [-0.4, -0.2) is 32.8 Å². The van der Waals surface area contributed by atoms with Crippen molar-refractivity contribution in [3.8, 4) is 0 Å². The third-order valence-corrected chi connectivity index (χ3v) is 4.75. The van der Waals surface area contributed by atoms with Crippen molar-refractivity contribution in [1.82, 2.24) is 5.32 Å². The van der Waals surface area contributed by atoms with Gasteiger partial charge in [0.15, 0.2) is 5.84 Å². The van der Waals surface area contributed by atoms with Crippen LogP contribution in [0.1, 0.15) is 24.0 Å². The molecule has 4 N–H and O–H groups in total. The van der Waals surface area contributed by atoms with Crippen LogP contribution >= 0.6 is 0 Å². The molecule has 1 aliphatic heterocycles. The monoisotopic (exact) mass is 281 g/mol. The van der Waals surface area contributed by atoms with Crippen molar-refractivity contribution in [3.05, 3.63) is 35.4 Å². The Labute approximate surface area is 115 Å². The molecule has 5 nitrogen and oxygen atoms in total. The molecule has 0 unspecified atom stereocenters. The molecule has 6 heteroatoms. The van der Waals surface area contributed by atoms with Crippen LogP contribution in [0.15, 0.2) is 29.4 Å². The lowest BCUT2D eigenvalue weighted by atomic mass is 10.1. The van der Waals surface area contributed by atoms with E-state index in [1.54, 1.807) is 0 Å². The van der Waals surface area contributed by atoms with Gasteiger partial charge in [-0.15, -0.1) is 0 Å². The Morgan fingerprint density at radius 3 is 2.79 bits per heavy atom. The van der Waals surface area contributed by atoms with Gasteiger partial charge in [0.25, 0.3) is 0 Å². The number of hydrogen-bond donors (Lipinski definition) is 3. The molecule has 1 heterocycles. The maximum atomic E-state index is 11.3. The lowest BCUT2D eigenvalue weighted by Gasteiger charge is -2.23. The van der Waals surface area contributed by atoms with Crippen LogP contribution in [0, 0.1) is 0 Å². The smallest absolute Gasteiger partial charge is 0.170 e. The second-order valence-corrected chi connectivity index (χ2v) is 6.34. The predicted molar refractivity (Wildman–Crippen MR) is 76.7 cm³/mol. The number of hydrogen-bond acceptors (Lipinski definition) is 4. The van der Waals surface area contributed by atoms with E-state index in [2.05, 4.69) is 10.5 Å². The molecule has 0 bridgehead atoms. The molecule has 1 aliphatic rings. The van der Waals surface area contributed by atoms with Gasteiger partial charge in [-0.05, 0) is 18.4 Å². The first-order valence-corrected chi connectivity index (χ1v) is 7.83. The van der Waals surface area contributed by atoms with Gasteiger partial charge in [-0.2, -0.15) is 0 Å². The average Bonchev–Trinajstić information content (AvgIpc) is 2.46. The zero-order valence-electron chi connectivity index (χ0n) is 10.7. The van der Waals surface area contributed by atoms with Crippen LogP contribution in [0.3, 0.4) is 0 Å². The van der Waals surface area contributed by atoms with E-state index >= 15 is 0 Å². The molecule has 1 saturated heterocycles. The molecule has 1 aromatic rings. The van der Waals surface area contributed by atoms with E-state index in [1.165, 1.54) is 0 Å². The van der Waals surface area contributed by atoms with Gasteiger partial charge in [0, 0.05) is 40.5 Å². The summed E-state index contributed by atoms with van der Waals surface area (Å²) in [6, 6.07) is 7.99. The highest BCUT2D eigenvalue weighted by Crippen LogP contribution is 2.12. The summed E-state index contributed by atoms with van der Waals surface area (Å²) in [6.07, 6.45) is 1.89. The lowest BCUT2D eigenvalue weighted by molar-refractivity contribution is 0.318. The fourth-order valence-corrected chi connectivity index (χ4v) is 3.53. The molecular weight excluding hydrogens is 262 g/mol. The van der Waals surface area contributed by atoms with Gasteiger partial charge in [-0.3, -0.25) is 4.21 Å². The molecule has 1 aromatic carbocycles. The van der Waals surface area contributed by atoms with Gasteiger partial charge in [0.1, 0.15) is 0 Å². The summed E-state index contributed by atoms with van der Waals surface area (Å²) in [6.45, 7) is 0.670. The third kappa shape index (κ3) is 3.78. The van der Waals surface area contributed by atoms with Crippen LogP contribution in [0.2, 0.25) is 0 Å². The zero-order chi connectivity index (χ0) is 13.7. The predicted octanol–water partition coefficient (Wildman–Crippen LogP) is 0.782. The molecule has 0 radical (unpaired) electrons. The molecule has 1 fully saturated rings. The summed E-state index contributed by atoms with van der Waals surface area (Å²) in [5, 5.41) is 15.3. The molecule has 0 atom stereocenters. The third-order valence-electron chi connectivity index (χ3n) is 3.37. The standard InChI is InChI=1S/C13H19N3O2S/c14-13(16-17)12-4-2-1-3-10(12)9-15-11-5-7-19(18)8-6-11/h1-4,11,15,17H,5-9H2,(H2,14,16). The number of nitrogens with two attached hydrogens (primary N) is 1. The number of nitrogens with one attached hydrogen (secondary N) is 1. The first-order chi connectivity index (χ1) is 9.20. The van der Waals surface area contributed by atoms with Gasteiger partial charge < -0.3 is 16.3 Å². The molecule has 0 aliphatic carbocycles. The normalized spacial score (nSPS) is 24.3. The van der Waals surface area contributed by atoms with Crippen LogP contribution < -0.4 is 11.1 Å². The Kier molecular flexibility index (Phi) is 4.93. The molecular formula is C13H19N3O2S. The van der Waals surface area contributed by atoms with E-state index in [0.29, 0.717) is 12.6 Å². The molecule has 19 heavy (non-hydrogen) atoms. The maximum absolute atomic E-state index is 11.3. The quantitative estimate of drug-likeness (QED) is 0.329. The van der Waals surface area contributed by atoms with E-state index < -0.39 is 10.8 Å². The Morgan fingerprint density at radius 2 is 2.11 bits per heavy atom.